The summed E-state index contributed by atoms with van der Waals surface area (Å²) in [6, 6.07) is 30.7. The molecule has 0 saturated carbocycles. The van der Waals surface area contributed by atoms with E-state index in [1.807, 2.05) is 78.9 Å². The van der Waals surface area contributed by atoms with Gasteiger partial charge in [0.25, 0.3) is 0 Å². The van der Waals surface area contributed by atoms with Crippen molar-refractivity contribution >= 4 is 34.6 Å². The van der Waals surface area contributed by atoms with Crippen LogP contribution in [0.2, 0.25) is 0 Å². The van der Waals surface area contributed by atoms with Crippen molar-refractivity contribution in [3.8, 4) is 17.0 Å². The van der Waals surface area contributed by atoms with E-state index in [-0.39, 0.29) is 18.1 Å². The van der Waals surface area contributed by atoms with Crippen molar-refractivity contribution in [2.24, 2.45) is 0 Å². The molecular formula is C30H23N3O2. The topological polar surface area (TPSA) is 75.1 Å². The fourth-order valence-corrected chi connectivity index (χ4v) is 3.84. The fourth-order valence-electron chi connectivity index (χ4n) is 3.84. The lowest BCUT2D eigenvalue weighted by Gasteiger charge is -2.10. The largest absolute Gasteiger partial charge is 0.508 e. The molecule has 2 N–H and O–H groups in total. The molecular weight excluding hydrogens is 434 g/mol. The average molecular weight is 458 g/mol. The first-order valence-corrected chi connectivity index (χ1v) is 11.3. The Kier molecular flexibility index (Phi) is 6.31. The van der Waals surface area contributed by atoms with Gasteiger partial charge in [-0.05, 0) is 52.2 Å². The molecule has 0 saturated heterocycles. The van der Waals surface area contributed by atoms with E-state index < -0.39 is 0 Å². The Morgan fingerprint density at radius 3 is 2.37 bits per heavy atom. The van der Waals surface area contributed by atoms with Crippen LogP contribution in [0.3, 0.4) is 0 Å². The number of fused-ring (bicyclic) bond motifs is 1. The van der Waals surface area contributed by atoms with Crippen molar-refractivity contribution in [2.45, 2.75) is 6.42 Å². The van der Waals surface area contributed by atoms with E-state index in [9.17, 15) is 9.90 Å². The predicted octanol–water partition coefficient (Wildman–Crippen LogP) is 6.35. The number of nitrogens with one attached hydrogen (secondary N) is 1. The summed E-state index contributed by atoms with van der Waals surface area (Å²) in [7, 11) is 0. The summed E-state index contributed by atoms with van der Waals surface area (Å²) < 4.78 is 0. The SMILES string of the molecule is O=C(Cc1ccc2ccccc2c1)Nc1ncc(-c2ccc(O)cc2)nc1/C=C/c1ccccc1. The summed E-state index contributed by atoms with van der Waals surface area (Å²) in [6.45, 7) is 0. The van der Waals surface area contributed by atoms with E-state index in [1.165, 1.54) is 0 Å². The standard InChI is InChI=1S/C30H23N3O2/c34-26-15-13-24(14-16-26)28-20-31-30(27(32-28)17-11-21-6-2-1-3-7-21)33-29(35)19-22-10-12-23-8-4-5-9-25(23)18-22/h1-18,20,34H,19H2,(H,31,33,35)/b17-11+. The Morgan fingerprint density at radius 1 is 0.829 bits per heavy atom. The Balaban J connectivity index is 1.42. The Labute approximate surface area is 203 Å². The molecule has 35 heavy (non-hydrogen) atoms. The van der Waals surface area contributed by atoms with Crippen molar-refractivity contribution in [2.75, 3.05) is 5.32 Å². The third-order valence-corrected chi connectivity index (χ3v) is 5.63. The number of phenols is 1. The average Bonchev–Trinajstić information content (AvgIpc) is 2.89. The van der Waals surface area contributed by atoms with Crippen molar-refractivity contribution in [1.82, 2.24) is 9.97 Å². The number of aromatic nitrogens is 2. The van der Waals surface area contributed by atoms with Crippen LogP contribution in [0.15, 0.2) is 103 Å². The molecule has 5 heteroatoms. The number of phenolic OH excluding ortho intramolecular Hbond substituents is 1. The van der Waals surface area contributed by atoms with Gasteiger partial charge >= 0.3 is 0 Å². The molecule has 1 aromatic heterocycles. The summed E-state index contributed by atoms with van der Waals surface area (Å²) in [5.41, 5.74) is 3.95. The van der Waals surface area contributed by atoms with E-state index in [0.717, 1.165) is 27.5 Å². The summed E-state index contributed by atoms with van der Waals surface area (Å²) in [5, 5.41) is 14.8. The quantitative estimate of drug-likeness (QED) is 0.311. The number of carbonyl (C=O) groups is 1. The fraction of sp³-hybridized carbons (Fsp3) is 0.0333. The van der Waals surface area contributed by atoms with Gasteiger partial charge in [-0.3, -0.25) is 4.79 Å². The molecule has 5 nitrogen and oxygen atoms in total. The van der Waals surface area contributed by atoms with Crippen LogP contribution in [0.1, 0.15) is 16.8 Å². The van der Waals surface area contributed by atoms with Gasteiger partial charge in [0.1, 0.15) is 11.4 Å². The second kappa shape index (κ2) is 10.0. The highest BCUT2D eigenvalue weighted by Gasteiger charge is 2.12. The van der Waals surface area contributed by atoms with Crippen LogP contribution >= 0.6 is 0 Å². The van der Waals surface area contributed by atoms with E-state index in [4.69, 9.17) is 4.98 Å². The maximum Gasteiger partial charge on any atom is 0.230 e. The van der Waals surface area contributed by atoms with Gasteiger partial charge in [0.15, 0.2) is 5.82 Å². The molecule has 0 fully saturated rings. The van der Waals surface area contributed by atoms with Gasteiger partial charge in [0.2, 0.25) is 5.91 Å². The molecule has 4 aromatic carbocycles. The number of hydrogen-bond donors (Lipinski definition) is 2. The molecule has 5 rings (SSSR count). The molecule has 0 bridgehead atoms. The van der Waals surface area contributed by atoms with Gasteiger partial charge in [-0.2, -0.15) is 0 Å². The molecule has 1 amide bonds. The molecule has 0 atom stereocenters. The molecule has 1 heterocycles. The van der Waals surface area contributed by atoms with E-state index in [0.29, 0.717) is 17.2 Å². The number of aromatic hydroxyl groups is 1. The lowest BCUT2D eigenvalue weighted by Crippen LogP contribution is -2.16. The lowest BCUT2D eigenvalue weighted by molar-refractivity contribution is -0.115. The zero-order valence-electron chi connectivity index (χ0n) is 18.9. The third kappa shape index (κ3) is 5.42. The van der Waals surface area contributed by atoms with Crippen molar-refractivity contribution in [1.29, 1.82) is 0 Å². The Bertz CT molecular complexity index is 1510. The molecule has 0 radical (unpaired) electrons. The summed E-state index contributed by atoms with van der Waals surface area (Å²) >= 11 is 0. The summed E-state index contributed by atoms with van der Waals surface area (Å²) in [5.74, 6) is 0.412. The van der Waals surface area contributed by atoms with Crippen LogP contribution in [0.25, 0.3) is 34.2 Å². The molecule has 0 aliphatic carbocycles. The number of carbonyl (C=O) groups excluding carboxylic acids is 1. The zero-order valence-corrected chi connectivity index (χ0v) is 18.9. The first-order valence-electron chi connectivity index (χ1n) is 11.3. The molecule has 0 spiro atoms. The number of nitrogens with zero attached hydrogens (tertiary/aromatic N) is 2. The van der Waals surface area contributed by atoms with Crippen LogP contribution in [0, 0.1) is 0 Å². The minimum atomic E-state index is -0.165. The highest BCUT2D eigenvalue weighted by atomic mass is 16.3. The van der Waals surface area contributed by atoms with E-state index in [2.05, 4.69) is 16.4 Å². The second-order valence-corrected chi connectivity index (χ2v) is 8.19. The lowest BCUT2D eigenvalue weighted by atomic mass is 10.0. The molecule has 0 aliphatic heterocycles. The van der Waals surface area contributed by atoms with Gasteiger partial charge in [0, 0.05) is 5.56 Å². The number of amides is 1. The van der Waals surface area contributed by atoms with Crippen LogP contribution in [-0.2, 0) is 11.2 Å². The highest BCUT2D eigenvalue weighted by molar-refractivity contribution is 5.94. The van der Waals surface area contributed by atoms with Gasteiger partial charge < -0.3 is 10.4 Å². The smallest absolute Gasteiger partial charge is 0.230 e. The maximum absolute atomic E-state index is 12.9. The van der Waals surface area contributed by atoms with Crippen molar-refractivity contribution < 1.29 is 9.90 Å². The number of benzene rings is 4. The van der Waals surface area contributed by atoms with Crippen LogP contribution in [0.5, 0.6) is 5.75 Å². The van der Waals surface area contributed by atoms with Gasteiger partial charge in [0.05, 0.1) is 18.3 Å². The normalized spacial score (nSPS) is 11.1. The van der Waals surface area contributed by atoms with E-state index in [1.54, 1.807) is 30.5 Å². The highest BCUT2D eigenvalue weighted by Crippen LogP contribution is 2.23. The number of rotatable bonds is 6. The molecule has 0 aliphatic rings. The predicted molar refractivity (Wildman–Crippen MR) is 141 cm³/mol. The number of anilines is 1. The second-order valence-electron chi connectivity index (χ2n) is 8.19. The van der Waals surface area contributed by atoms with Gasteiger partial charge in [-0.1, -0.05) is 78.9 Å². The van der Waals surface area contributed by atoms with Gasteiger partial charge in [-0.25, -0.2) is 9.97 Å². The monoisotopic (exact) mass is 457 g/mol. The number of hydrogen-bond acceptors (Lipinski definition) is 4. The minimum Gasteiger partial charge on any atom is -0.508 e. The van der Waals surface area contributed by atoms with Crippen LogP contribution < -0.4 is 5.32 Å². The summed E-state index contributed by atoms with van der Waals surface area (Å²) in [6.07, 6.45) is 5.63. The Hall–Kier alpha value is -4.77. The summed E-state index contributed by atoms with van der Waals surface area (Å²) in [4.78, 5) is 22.2. The van der Waals surface area contributed by atoms with Crippen molar-refractivity contribution in [3.05, 3.63) is 120 Å². The van der Waals surface area contributed by atoms with Gasteiger partial charge in [-0.15, -0.1) is 0 Å². The van der Waals surface area contributed by atoms with Crippen LogP contribution in [-0.4, -0.2) is 21.0 Å². The zero-order chi connectivity index (χ0) is 24.0. The maximum atomic E-state index is 12.9. The van der Waals surface area contributed by atoms with E-state index >= 15 is 0 Å². The minimum absolute atomic E-state index is 0.165. The molecule has 0 unspecified atom stereocenters. The third-order valence-electron chi connectivity index (χ3n) is 5.63. The molecule has 5 aromatic rings. The van der Waals surface area contributed by atoms with Crippen LogP contribution in [0.4, 0.5) is 5.82 Å². The molecule has 170 valence electrons. The Morgan fingerprint density at radius 2 is 1.57 bits per heavy atom. The first-order chi connectivity index (χ1) is 17.1. The first kappa shape index (κ1) is 22.0. The van der Waals surface area contributed by atoms with Crippen molar-refractivity contribution in [3.63, 3.8) is 0 Å².